The monoisotopic (exact) mass is 304 g/mol. The molecule has 3 nitrogen and oxygen atoms in total. The molecule has 112 valence electrons. The summed E-state index contributed by atoms with van der Waals surface area (Å²) in [6.07, 6.45) is 0. The largest absolute Gasteiger partial charge is 0.492 e. The van der Waals surface area contributed by atoms with Gasteiger partial charge < -0.3 is 4.74 Å². The molecule has 2 rings (SSSR count). The minimum Gasteiger partial charge on any atom is -0.492 e. The van der Waals surface area contributed by atoms with Crippen molar-refractivity contribution in [2.24, 2.45) is 5.84 Å². The summed E-state index contributed by atoms with van der Waals surface area (Å²) in [5, 5.41) is 0.695. The highest BCUT2D eigenvalue weighted by molar-refractivity contribution is 6.30. The van der Waals surface area contributed by atoms with Crippen LogP contribution in [0.4, 0.5) is 0 Å². The molecule has 3 N–H and O–H groups in total. The molecular formula is C17H21ClN2O. The average molecular weight is 305 g/mol. The second-order valence-electron chi connectivity index (χ2n) is 5.28. The maximum absolute atomic E-state index is 5.86. The van der Waals surface area contributed by atoms with E-state index in [0.717, 1.165) is 11.3 Å². The molecular weight excluding hydrogens is 284 g/mol. The van der Waals surface area contributed by atoms with E-state index in [9.17, 15) is 0 Å². The van der Waals surface area contributed by atoms with Crippen molar-refractivity contribution in [1.82, 2.24) is 5.43 Å². The fraction of sp³-hybridized carbons (Fsp3) is 0.294. The van der Waals surface area contributed by atoms with E-state index in [-0.39, 0.29) is 6.04 Å². The minimum atomic E-state index is -0.0556. The number of hydrogen-bond donors (Lipinski definition) is 2. The number of hydrazine groups is 1. The predicted octanol–water partition coefficient (Wildman–Crippen LogP) is 3.85. The summed E-state index contributed by atoms with van der Waals surface area (Å²) >= 11 is 5.86. The summed E-state index contributed by atoms with van der Waals surface area (Å²) in [5.74, 6) is 6.48. The molecule has 0 aliphatic heterocycles. The number of aryl methyl sites for hydroxylation is 3. The van der Waals surface area contributed by atoms with Gasteiger partial charge in [0.05, 0.1) is 6.04 Å². The van der Waals surface area contributed by atoms with Gasteiger partial charge in [-0.1, -0.05) is 23.7 Å². The first kappa shape index (κ1) is 15.8. The van der Waals surface area contributed by atoms with Crippen molar-refractivity contribution in [2.75, 3.05) is 6.61 Å². The molecule has 4 heteroatoms. The van der Waals surface area contributed by atoms with E-state index >= 15 is 0 Å². The zero-order valence-corrected chi connectivity index (χ0v) is 13.4. The SMILES string of the molecule is Cc1cc(C)c(C(COc2ccc(Cl)cc2)NN)cc1C. The van der Waals surface area contributed by atoms with Crippen molar-refractivity contribution in [3.8, 4) is 5.75 Å². The molecule has 0 radical (unpaired) electrons. The van der Waals surface area contributed by atoms with Crippen LogP contribution >= 0.6 is 11.6 Å². The third-order valence-corrected chi connectivity index (χ3v) is 3.94. The van der Waals surface area contributed by atoms with Crippen LogP contribution in [0.5, 0.6) is 5.75 Å². The molecule has 0 bridgehead atoms. The van der Waals surface area contributed by atoms with E-state index in [1.165, 1.54) is 16.7 Å². The molecule has 21 heavy (non-hydrogen) atoms. The number of hydrogen-bond acceptors (Lipinski definition) is 3. The third kappa shape index (κ3) is 3.97. The van der Waals surface area contributed by atoms with E-state index in [4.69, 9.17) is 22.2 Å². The van der Waals surface area contributed by atoms with Gasteiger partial charge in [0.2, 0.25) is 0 Å². The van der Waals surface area contributed by atoms with Crippen LogP contribution < -0.4 is 16.0 Å². The Bertz CT molecular complexity index is 611. The zero-order chi connectivity index (χ0) is 15.4. The Labute approximate surface area is 131 Å². The molecule has 0 aliphatic rings. The van der Waals surface area contributed by atoms with Crippen LogP contribution in [0.3, 0.4) is 0 Å². The summed E-state index contributed by atoms with van der Waals surface area (Å²) in [4.78, 5) is 0. The van der Waals surface area contributed by atoms with Crippen LogP contribution in [0.25, 0.3) is 0 Å². The third-order valence-electron chi connectivity index (χ3n) is 3.69. The van der Waals surface area contributed by atoms with Crippen molar-refractivity contribution in [1.29, 1.82) is 0 Å². The molecule has 1 atom stereocenters. The second-order valence-corrected chi connectivity index (χ2v) is 5.71. The summed E-state index contributed by atoms with van der Waals surface area (Å²) in [6, 6.07) is 11.6. The molecule has 0 aromatic heterocycles. The molecule has 2 aromatic rings. The summed E-state index contributed by atoms with van der Waals surface area (Å²) in [5.41, 5.74) is 7.74. The number of ether oxygens (including phenoxy) is 1. The highest BCUT2D eigenvalue weighted by Gasteiger charge is 2.14. The van der Waals surface area contributed by atoms with Crippen molar-refractivity contribution >= 4 is 11.6 Å². The Kier molecular flexibility index (Phi) is 5.23. The van der Waals surface area contributed by atoms with Crippen LogP contribution in [-0.4, -0.2) is 6.61 Å². The Morgan fingerprint density at radius 1 is 1.05 bits per heavy atom. The van der Waals surface area contributed by atoms with E-state index < -0.39 is 0 Å². The van der Waals surface area contributed by atoms with Gasteiger partial charge in [0.15, 0.2) is 0 Å². The fourth-order valence-corrected chi connectivity index (χ4v) is 2.42. The maximum atomic E-state index is 5.86. The van der Waals surface area contributed by atoms with E-state index in [0.29, 0.717) is 11.6 Å². The van der Waals surface area contributed by atoms with Crippen LogP contribution in [0.2, 0.25) is 5.02 Å². The van der Waals surface area contributed by atoms with Crippen LogP contribution in [0, 0.1) is 20.8 Å². The smallest absolute Gasteiger partial charge is 0.119 e. The zero-order valence-electron chi connectivity index (χ0n) is 12.6. The van der Waals surface area contributed by atoms with E-state index in [2.05, 4.69) is 38.3 Å². The van der Waals surface area contributed by atoms with Crippen LogP contribution in [-0.2, 0) is 0 Å². The Hall–Kier alpha value is -1.55. The average Bonchev–Trinajstić information content (AvgIpc) is 2.46. The van der Waals surface area contributed by atoms with E-state index in [1.54, 1.807) is 0 Å². The molecule has 0 fully saturated rings. The van der Waals surface area contributed by atoms with Crippen LogP contribution in [0.15, 0.2) is 36.4 Å². The number of benzene rings is 2. The maximum Gasteiger partial charge on any atom is 0.119 e. The van der Waals surface area contributed by atoms with Gasteiger partial charge in [-0.25, -0.2) is 5.43 Å². The van der Waals surface area contributed by atoms with Gasteiger partial charge in [0, 0.05) is 5.02 Å². The molecule has 0 saturated carbocycles. The van der Waals surface area contributed by atoms with Gasteiger partial charge in [-0.2, -0.15) is 0 Å². The highest BCUT2D eigenvalue weighted by Crippen LogP contribution is 2.23. The number of nitrogens with two attached hydrogens (primary N) is 1. The molecule has 1 unspecified atom stereocenters. The lowest BCUT2D eigenvalue weighted by Gasteiger charge is -2.20. The normalized spacial score (nSPS) is 12.2. The molecule has 0 amide bonds. The van der Waals surface area contributed by atoms with Gasteiger partial charge in [0.1, 0.15) is 12.4 Å². The molecule has 0 aliphatic carbocycles. The Balaban J connectivity index is 2.13. The lowest BCUT2D eigenvalue weighted by Crippen LogP contribution is -2.33. The van der Waals surface area contributed by atoms with Gasteiger partial charge in [0.25, 0.3) is 0 Å². The second kappa shape index (κ2) is 6.94. The molecule has 0 saturated heterocycles. The van der Waals surface area contributed by atoms with Gasteiger partial charge in [-0.15, -0.1) is 0 Å². The number of rotatable bonds is 5. The Morgan fingerprint density at radius 3 is 2.29 bits per heavy atom. The van der Waals surface area contributed by atoms with Gasteiger partial charge in [-0.05, 0) is 67.3 Å². The van der Waals surface area contributed by atoms with Gasteiger partial charge >= 0.3 is 0 Å². The summed E-state index contributed by atoms with van der Waals surface area (Å²) in [6.45, 7) is 6.77. The lowest BCUT2D eigenvalue weighted by atomic mass is 9.96. The summed E-state index contributed by atoms with van der Waals surface area (Å²) < 4.78 is 5.79. The predicted molar refractivity (Wildman–Crippen MR) is 87.7 cm³/mol. The lowest BCUT2D eigenvalue weighted by molar-refractivity contribution is 0.267. The standard InChI is InChI=1S/C17H21ClN2O/c1-11-8-13(3)16(9-12(11)2)17(20-19)10-21-15-6-4-14(18)5-7-15/h4-9,17,20H,10,19H2,1-3H3. The first-order valence-corrected chi connectivity index (χ1v) is 7.31. The quantitative estimate of drug-likeness (QED) is 0.651. The first-order chi connectivity index (χ1) is 10.0. The van der Waals surface area contributed by atoms with Crippen LogP contribution in [0.1, 0.15) is 28.3 Å². The fourth-order valence-electron chi connectivity index (χ4n) is 2.30. The Morgan fingerprint density at radius 2 is 1.67 bits per heavy atom. The first-order valence-electron chi connectivity index (χ1n) is 6.93. The highest BCUT2D eigenvalue weighted by atomic mass is 35.5. The molecule has 0 spiro atoms. The molecule has 0 heterocycles. The van der Waals surface area contributed by atoms with Crippen molar-refractivity contribution in [2.45, 2.75) is 26.8 Å². The molecule has 2 aromatic carbocycles. The number of halogens is 1. The van der Waals surface area contributed by atoms with Crippen molar-refractivity contribution in [3.05, 3.63) is 63.7 Å². The number of nitrogens with one attached hydrogen (secondary N) is 1. The summed E-state index contributed by atoms with van der Waals surface area (Å²) in [7, 11) is 0. The van der Waals surface area contributed by atoms with Crippen molar-refractivity contribution < 1.29 is 4.74 Å². The topological polar surface area (TPSA) is 47.3 Å². The van der Waals surface area contributed by atoms with Crippen molar-refractivity contribution in [3.63, 3.8) is 0 Å². The van der Waals surface area contributed by atoms with E-state index in [1.807, 2.05) is 24.3 Å². The van der Waals surface area contributed by atoms with Gasteiger partial charge in [-0.3, -0.25) is 5.84 Å². The minimum absolute atomic E-state index is 0.0556.